The fourth-order valence-corrected chi connectivity index (χ4v) is 3.97. The van der Waals surface area contributed by atoms with Gasteiger partial charge in [-0.1, -0.05) is 25.1 Å². The van der Waals surface area contributed by atoms with Crippen LogP contribution in [0.1, 0.15) is 47.5 Å². The van der Waals surface area contributed by atoms with Crippen molar-refractivity contribution >= 4 is 15.9 Å². The zero-order chi connectivity index (χ0) is 15.0. The Hall–Kier alpha value is -1.13. The molecule has 1 aromatic heterocycles. The second-order valence-electron chi connectivity index (χ2n) is 5.88. The summed E-state index contributed by atoms with van der Waals surface area (Å²) < 4.78 is 3.07. The van der Waals surface area contributed by atoms with E-state index in [0.29, 0.717) is 0 Å². The highest BCUT2D eigenvalue weighted by Crippen LogP contribution is 2.28. The summed E-state index contributed by atoms with van der Waals surface area (Å²) in [4.78, 5) is 0. The van der Waals surface area contributed by atoms with E-state index in [2.05, 4.69) is 46.2 Å². The van der Waals surface area contributed by atoms with Gasteiger partial charge < -0.3 is 5.73 Å². The lowest BCUT2D eigenvalue weighted by molar-refractivity contribution is 0.636. The highest BCUT2D eigenvalue weighted by atomic mass is 79.9. The van der Waals surface area contributed by atoms with Crippen LogP contribution in [0.5, 0.6) is 0 Å². The predicted molar refractivity (Wildman–Crippen MR) is 89.4 cm³/mol. The average molecular weight is 348 g/mol. The van der Waals surface area contributed by atoms with Gasteiger partial charge in [-0.15, -0.1) is 0 Å². The summed E-state index contributed by atoms with van der Waals surface area (Å²) in [5.74, 6) is 0. The Labute approximate surface area is 134 Å². The normalized spacial score (nSPS) is 15.2. The number of nitrogens with zero attached hydrogens (tertiary/aromatic N) is 2. The van der Waals surface area contributed by atoms with E-state index in [9.17, 15) is 0 Å². The van der Waals surface area contributed by atoms with Gasteiger partial charge in [0, 0.05) is 19.5 Å². The number of fused-ring (bicyclic) bond motifs is 1. The molecule has 1 unspecified atom stereocenters. The third kappa shape index (κ3) is 2.79. The summed E-state index contributed by atoms with van der Waals surface area (Å²) in [5, 5.41) is 4.55. The topological polar surface area (TPSA) is 43.8 Å². The number of nitrogens with two attached hydrogens (primary N) is 1. The minimum Gasteiger partial charge on any atom is -0.324 e. The molecule has 4 heteroatoms. The fraction of sp³-hybridized carbons (Fsp3) is 0.471. The standard InChI is InChI=1S/C17H22BrN3/c1-3-15-17(18)16(21(2)20-15)10-14(19)13-8-7-11-5-4-6-12(11)9-13/h7-9,14H,3-6,10,19H2,1-2H3. The van der Waals surface area contributed by atoms with Crippen molar-refractivity contribution in [1.82, 2.24) is 9.78 Å². The van der Waals surface area contributed by atoms with Gasteiger partial charge in [-0.25, -0.2) is 0 Å². The Morgan fingerprint density at radius 1 is 1.33 bits per heavy atom. The lowest BCUT2D eigenvalue weighted by atomic mass is 9.98. The maximum atomic E-state index is 6.45. The van der Waals surface area contributed by atoms with Crippen molar-refractivity contribution in [2.75, 3.05) is 0 Å². The first kappa shape index (κ1) is 14.8. The molecular formula is C17H22BrN3. The lowest BCUT2D eigenvalue weighted by Gasteiger charge is -2.14. The van der Waals surface area contributed by atoms with E-state index in [-0.39, 0.29) is 6.04 Å². The van der Waals surface area contributed by atoms with Gasteiger partial charge in [0.05, 0.1) is 15.9 Å². The zero-order valence-corrected chi connectivity index (χ0v) is 14.3. The number of halogens is 1. The Morgan fingerprint density at radius 2 is 2.10 bits per heavy atom. The van der Waals surface area contributed by atoms with Crippen LogP contribution in [0.4, 0.5) is 0 Å². The smallest absolute Gasteiger partial charge is 0.0766 e. The van der Waals surface area contributed by atoms with Crippen molar-refractivity contribution in [3.8, 4) is 0 Å². The third-order valence-electron chi connectivity index (χ3n) is 4.47. The molecule has 0 aliphatic heterocycles. The maximum absolute atomic E-state index is 6.45. The van der Waals surface area contributed by atoms with Gasteiger partial charge in [0.2, 0.25) is 0 Å². The van der Waals surface area contributed by atoms with Gasteiger partial charge in [0.25, 0.3) is 0 Å². The molecule has 1 aromatic carbocycles. The molecule has 1 heterocycles. The second kappa shape index (κ2) is 5.93. The molecule has 3 nitrogen and oxygen atoms in total. The van der Waals surface area contributed by atoms with Crippen LogP contribution in [-0.2, 0) is 32.7 Å². The molecule has 0 radical (unpaired) electrons. The van der Waals surface area contributed by atoms with Crippen LogP contribution in [0.25, 0.3) is 0 Å². The van der Waals surface area contributed by atoms with Crippen LogP contribution in [0, 0.1) is 0 Å². The van der Waals surface area contributed by atoms with E-state index in [1.165, 1.54) is 41.6 Å². The van der Waals surface area contributed by atoms with Gasteiger partial charge in [-0.05, 0) is 58.3 Å². The summed E-state index contributed by atoms with van der Waals surface area (Å²) in [6.45, 7) is 2.12. The summed E-state index contributed by atoms with van der Waals surface area (Å²) >= 11 is 3.67. The Kier molecular flexibility index (Phi) is 4.18. The van der Waals surface area contributed by atoms with Gasteiger partial charge in [0.1, 0.15) is 0 Å². The molecule has 0 saturated carbocycles. The minimum absolute atomic E-state index is 0.0207. The van der Waals surface area contributed by atoms with Crippen LogP contribution in [0.2, 0.25) is 0 Å². The number of aromatic nitrogens is 2. The minimum atomic E-state index is 0.0207. The molecule has 2 N–H and O–H groups in total. The van der Waals surface area contributed by atoms with Crippen molar-refractivity contribution in [2.24, 2.45) is 12.8 Å². The van der Waals surface area contributed by atoms with E-state index in [1.807, 2.05) is 11.7 Å². The zero-order valence-electron chi connectivity index (χ0n) is 12.7. The molecule has 1 atom stereocenters. The number of hydrogen-bond acceptors (Lipinski definition) is 2. The molecular weight excluding hydrogens is 326 g/mol. The third-order valence-corrected chi connectivity index (χ3v) is 5.38. The van der Waals surface area contributed by atoms with Gasteiger partial charge in [-0.3, -0.25) is 4.68 Å². The first-order valence-corrected chi connectivity index (χ1v) is 8.47. The largest absolute Gasteiger partial charge is 0.324 e. The van der Waals surface area contributed by atoms with Crippen molar-refractivity contribution in [3.05, 3.63) is 50.8 Å². The first-order chi connectivity index (χ1) is 10.1. The van der Waals surface area contributed by atoms with E-state index >= 15 is 0 Å². The SMILES string of the molecule is CCc1nn(C)c(CC(N)c2ccc3c(c2)CCC3)c1Br. The molecule has 21 heavy (non-hydrogen) atoms. The van der Waals surface area contributed by atoms with E-state index in [4.69, 9.17) is 5.73 Å². The van der Waals surface area contributed by atoms with Crippen molar-refractivity contribution in [2.45, 2.75) is 45.1 Å². The second-order valence-corrected chi connectivity index (χ2v) is 6.67. The lowest BCUT2D eigenvalue weighted by Crippen LogP contribution is -2.16. The molecule has 1 aliphatic carbocycles. The van der Waals surface area contributed by atoms with Crippen molar-refractivity contribution in [1.29, 1.82) is 0 Å². The average Bonchev–Trinajstić information content (AvgIpc) is 3.05. The van der Waals surface area contributed by atoms with E-state index in [0.717, 1.165) is 23.0 Å². The molecule has 2 aromatic rings. The number of rotatable bonds is 4. The molecule has 1 aliphatic rings. The summed E-state index contributed by atoms with van der Waals surface area (Å²) in [6.07, 6.45) is 5.44. The van der Waals surface area contributed by atoms with Crippen molar-refractivity contribution in [3.63, 3.8) is 0 Å². The van der Waals surface area contributed by atoms with Crippen LogP contribution in [-0.4, -0.2) is 9.78 Å². The Morgan fingerprint density at radius 3 is 2.81 bits per heavy atom. The van der Waals surface area contributed by atoms with Crippen LogP contribution in [0.15, 0.2) is 22.7 Å². The summed E-state index contributed by atoms with van der Waals surface area (Å²) in [7, 11) is 1.99. The fourth-order valence-electron chi connectivity index (χ4n) is 3.19. The highest BCUT2D eigenvalue weighted by molar-refractivity contribution is 9.10. The van der Waals surface area contributed by atoms with Gasteiger partial charge in [0.15, 0.2) is 0 Å². The van der Waals surface area contributed by atoms with E-state index < -0.39 is 0 Å². The Bertz CT molecular complexity index is 660. The molecule has 0 fully saturated rings. The number of benzene rings is 1. The molecule has 0 amide bonds. The maximum Gasteiger partial charge on any atom is 0.0766 e. The molecule has 0 bridgehead atoms. The van der Waals surface area contributed by atoms with Gasteiger partial charge in [-0.2, -0.15) is 5.10 Å². The monoisotopic (exact) mass is 347 g/mol. The number of hydrogen-bond donors (Lipinski definition) is 1. The molecule has 0 spiro atoms. The van der Waals surface area contributed by atoms with Crippen LogP contribution in [0.3, 0.4) is 0 Å². The van der Waals surface area contributed by atoms with Crippen LogP contribution >= 0.6 is 15.9 Å². The highest BCUT2D eigenvalue weighted by Gasteiger charge is 2.18. The number of aryl methyl sites for hydroxylation is 4. The van der Waals surface area contributed by atoms with E-state index in [1.54, 1.807) is 0 Å². The summed E-state index contributed by atoms with van der Waals surface area (Å²) in [5.41, 5.74) is 13.0. The summed E-state index contributed by atoms with van der Waals surface area (Å²) in [6, 6.07) is 6.78. The Balaban J connectivity index is 1.83. The quantitative estimate of drug-likeness (QED) is 0.919. The van der Waals surface area contributed by atoms with Crippen LogP contribution < -0.4 is 5.73 Å². The predicted octanol–water partition coefficient (Wildman–Crippen LogP) is 3.48. The molecule has 112 valence electrons. The molecule has 0 saturated heterocycles. The molecule has 3 rings (SSSR count). The first-order valence-electron chi connectivity index (χ1n) is 7.67. The van der Waals surface area contributed by atoms with Crippen molar-refractivity contribution < 1.29 is 0 Å². The van der Waals surface area contributed by atoms with Gasteiger partial charge >= 0.3 is 0 Å².